The van der Waals surface area contributed by atoms with Gasteiger partial charge in [0.05, 0.1) is 5.69 Å². The Labute approximate surface area is 221 Å². The van der Waals surface area contributed by atoms with Gasteiger partial charge in [-0.25, -0.2) is 0 Å². The largest absolute Gasteiger partial charge is 0.352 e. The molecule has 3 aromatic rings. The summed E-state index contributed by atoms with van der Waals surface area (Å²) in [4.78, 5) is 42.0. The molecule has 2 heterocycles. The second-order valence-electron chi connectivity index (χ2n) is 10.1. The molecule has 0 saturated carbocycles. The van der Waals surface area contributed by atoms with Crippen molar-refractivity contribution in [2.75, 3.05) is 11.4 Å². The molecule has 194 valence electrons. The zero-order valence-corrected chi connectivity index (χ0v) is 22.4. The molecule has 2 amide bonds. The Bertz CT molecular complexity index is 1310. The first-order valence-electron chi connectivity index (χ1n) is 12.6. The Morgan fingerprint density at radius 1 is 1.08 bits per heavy atom. The number of ketones is 1. The first-order valence-corrected chi connectivity index (χ1v) is 13.5. The fraction of sp³-hybridized carbons (Fsp3) is 0.345. The second-order valence-corrected chi connectivity index (χ2v) is 11.1. The average molecular weight is 519 g/mol. The Balaban J connectivity index is 1.74. The third-order valence-corrected chi connectivity index (χ3v) is 7.40. The van der Waals surface area contributed by atoms with Gasteiger partial charge < -0.3 is 16.8 Å². The van der Waals surface area contributed by atoms with Crippen LogP contribution in [-0.4, -0.2) is 29.7 Å². The van der Waals surface area contributed by atoms with Crippen LogP contribution in [0.25, 0.3) is 11.1 Å². The van der Waals surface area contributed by atoms with Crippen LogP contribution in [0.2, 0.25) is 0 Å². The lowest BCUT2D eigenvalue weighted by Gasteiger charge is -2.28. The smallest absolute Gasteiger partial charge is 0.251 e. The number of nitrogens with zero attached hydrogens (tertiary/aromatic N) is 1. The van der Waals surface area contributed by atoms with Gasteiger partial charge in [-0.15, -0.1) is 11.3 Å². The van der Waals surface area contributed by atoms with Crippen molar-refractivity contribution in [3.8, 4) is 11.1 Å². The second kappa shape index (κ2) is 11.0. The van der Waals surface area contributed by atoms with Gasteiger partial charge in [0.15, 0.2) is 5.78 Å². The first-order chi connectivity index (χ1) is 17.6. The Morgan fingerprint density at radius 3 is 2.46 bits per heavy atom. The molecular formula is C29H34N4O3S. The van der Waals surface area contributed by atoms with E-state index in [1.807, 2.05) is 42.6 Å². The van der Waals surface area contributed by atoms with Gasteiger partial charge in [-0.05, 0) is 62.3 Å². The zero-order chi connectivity index (χ0) is 26.7. The third kappa shape index (κ3) is 5.82. The summed E-state index contributed by atoms with van der Waals surface area (Å²) < 4.78 is 0. The van der Waals surface area contributed by atoms with E-state index in [2.05, 4.69) is 5.32 Å². The molecule has 0 radical (unpaired) electrons. The molecule has 1 aromatic heterocycles. The third-order valence-electron chi connectivity index (χ3n) is 6.43. The Morgan fingerprint density at radius 2 is 1.78 bits per heavy atom. The van der Waals surface area contributed by atoms with Crippen LogP contribution in [0.4, 0.5) is 5.69 Å². The number of carbonyl (C=O) groups excluding carboxylic acids is 3. The van der Waals surface area contributed by atoms with Crippen LogP contribution in [0.3, 0.4) is 0 Å². The van der Waals surface area contributed by atoms with Crippen LogP contribution in [0.1, 0.15) is 77.4 Å². The van der Waals surface area contributed by atoms with Crippen LogP contribution < -0.4 is 21.7 Å². The van der Waals surface area contributed by atoms with Gasteiger partial charge in [0.2, 0.25) is 5.91 Å². The van der Waals surface area contributed by atoms with Crippen molar-refractivity contribution in [3.05, 3.63) is 75.5 Å². The monoisotopic (exact) mass is 518 g/mol. The minimum absolute atomic E-state index is 0.00703. The molecule has 7 nitrogen and oxygen atoms in total. The number of anilines is 1. The number of nitrogens with one attached hydrogen (secondary N) is 1. The molecule has 1 atom stereocenters. The number of Topliss-reactive ketones (excluding diaryl/α,β-unsaturated/α-hetero) is 1. The lowest BCUT2D eigenvalue weighted by atomic mass is 9.87. The van der Waals surface area contributed by atoms with Crippen LogP contribution in [0.5, 0.6) is 0 Å². The molecule has 0 bridgehead atoms. The standard InChI is InChI=1S/C29H34N4O3S/c1-4-32-28(36)21-8-5-7-20(23(34)17-29(2,3)31)26(21)18-11-13-19(14-12-18)27(30)33-22-15-16-37-24(22)9-6-10-25(33)35/h5,7-8,11-16,27H,4,6,9-10,17,30-31H2,1-3H3,(H,32,36). The highest BCUT2D eigenvalue weighted by Crippen LogP contribution is 2.36. The minimum atomic E-state index is -0.688. The summed E-state index contributed by atoms with van der Waals surface area (Å²) in [5, 5.41) is 4.83. The maximum absolute atomic E-state index is 13.3. The van der Waals surface area contributed by atoms with Gasteiger partial charge in [0.1, 0.15) is 6.17 Å². The van der Waals surface area contributed by atoms with E-state index in [1.54, 1.807) is 48.3 Å². The summed E-state index contributed by atoms with van der Waals surface area (Å²) in [6, 6.07) is 14.6. The topological polar surface area (TPSA) is 119 Å². The summed E-state index contributed by atoms with van der Waals surface area (Å²) in [6.45, 7) is 5.92. The average Bonchev–Trinajstić information content (AvgIpc) is 3.24. The van der Waals surface area contributed by atoms with E-state index in [9.17, 15) is 14.4 Å². The summed E-state index contributed by atoms with van der Waals surface area (Å²) >= 11 is 1.64. The van der Waals surface area contributed by atoms with E-state index in [1.165, 1.54) is 4.88 Å². The van der Waals surface area contributed by atoms with Crippen LogP contribution in [-0.2, 0) is 11.2 Å². The summed E-state index contributed by atoms with van der Waals surface area (Å²) in [7, 11) is 0. The molecule has 0 aliphatic carbocycles. The molecule has 0 fully saturated rings. The molecule has 0 saturated heterocycles. The van der Waals surface area contributed by atoms with Crippen molar-refractivity contribution in [1.82, 2.24) is 5.32 Å². The number of carbonyl (C=O) groups is 3. The molecule has 5 N–H and O–H groups in total. The molecular weight excluding hydrogens is 484 g/mol. The minimum Gasteiger partial charge on any atom is -0.352 e. The van der Waals surface area contributed by atoms with E-state index in [0.29, 0.717) is 29.7 Å². The first kappa shape index (κ1) is 26.7. The highest BCUT2D eigenvalue weighted by Gasteiger charge is 2.29. The van der Waals surface area contributed by atoms with Crippen molar-refractivity contribution in [3.63, 3.8) is 0 Å². The zero-order valence-electron chi connectivity index (χ0n) is 21.5. The molecule has 1 aliphatic heterocycles. The fourth-order valence-electron chi connectivity index (χ4n) is 4.74. The number of amides is 2. The number of fused-ring (bicyclic) bond motifs is 1. The van der Waals surface area contributed by atoms with Gasteiger partial charge in [0.25, 0.3) is 5.91 Å². The van der Waals surface area contributed by atoms with Gasteiger partial charge >= 0.3 is 0 Å². The Hall–Kier alpha value is -3.33. The molecule has 0 spiro atoms. The van der Waals surface area contributed by atoms with E-state index in [0.717, 1.165) is 29.7 Å². The molecule has 4 rings (SSSR count). The lowest BCUT2D eigenvalue weighted by molar-refractivity contribution is -0.119. The maximum atomic E-state index is 13.3. The normalized spacial score (nSPS) is 14.6. The number of aryl methyl sites for hydroxylation is 1. The number of benzene rings is 2. The van der Waals surface area contributed by atoms with E-state index < -0.39 is 11.7 Å². The summed E-state index contributed by atoms with van der Waals surface area (Å²) in [5.41, 5.74) is 15.9. The lowest BCUT2D eigenvalue weighted by Crippen LogP contribution is -2.39. The van der Waals surface area contributed by atoms with Gasteiger partial charge in [-0.3, -0.25) is 19.3 Å². The van der Waals surface area contributed by atoms with E-state index in [4.69, 9.17) is 11.5 Å². The molecule has 1 aliphatic rings. The van der Waals surface area contributed by atoms with Crippen LogP contribution in [0.15, 0.2) is 53.9 Å². The number of hydrogen-bond donors (Lipinski definition) is 3. The predicted octanol–water partition coefficient (Wildman–Crippen LogP) is 4.80. The van der Waals surface area contributed by atoms with E-state index in [-0.39, 0.29) is 24.0 Å². The van der Waals surface area contributed by atoms with Crippen LogP contribution >= 0.6 is 11.3 Å². The Kier molecular flexibility index (Phi) is 7.92. The highest BCUT2D eigenvalue weighted by molar-refractivity contribution is 7.10. The fourth-order valence-corrected chi connectivity index (χ4v) is 5.65. The maximum Gasteiger partial charge on any atom is 0.251 e. The van der Waals surface area contributed by atoms with Crippen molar-refractivity contribution >= 4 is 34.6 Å². The molecule has 2 aromatic carbocycles. The molecule has 8 heteroatoms. The van der Waals surface area contributed by atoms with E-state index >= 15 is 0 Å². The van der Waals surface area contributed by atoms with Crippen molar-refractivity contribution in [1.29, 1.82) is 0 Å². The van der Waals surface area contributed by atoms with Gasteiger partial charge in [-0.1, -0.05) is 36.4 Å². The van der Waals surface area contributed by atoms with Crippen molar-refractivity contribution < 1.29 is 14.4 Å². The van der Waals surface area contributed by atoms with Crippen molar-refractivity contribution in [2.45, 2.75) is 58.2 Å². The summed E-state index contributed by atoms with van der Waals surface area (Å²) in [6.07, 6.45) is 1.62. The SMILES string of the molecule is CCNC(=O)c1cccc(C(=O)CC(C)(C)N)c1-c1ccc(C(N)N2C(=O)CCCc3sccc32)cc1. The molecule has 37 heavy (non-hydrogen) atoms. The van der Waals surface area contributed by atoms with Crippen LogP contribution in [0, 0.1) is 0 Å². The quantitative estimate of drug-likeness (QED) is 0.370. The molecule has 1 unspecified atom stereocenters. The number of rotatable bonds is 8. The number of nitrogens with two attached hydrogens (primary N) is 2. The summed E-state index contributed by atoms with van der Waals surface area (Å²) in [5.74, 6) is -0.373. The number of thiophene rings is 1. The predicted molar refractivity (Wildman–Crippen MR) is 149 cm³/mol. The van der Waals surface area contributed by atoms with Gasteiger partial charge in [0, 0.05) is 46.5 Å². The van der Waals surface area contributed by atoms with Gasteiger partial charge in [-0.2, -0.15) is 0 Å². The number of hydrogen-bond acceptors (Lipinski definition) is 6. The highest BCUT2D eigenvalue weighted by atomic mass is 32.1. The van der Waals surface area contributed by atoms with Crippen molar-refractivity contribution in [2.24, 2.45) is 11.5 Å².